The van der Waals surface area contributed by atoms with E-state index in [2.05, 4.69) is 15.4 Å². The number of ether oxygens (including phenoxy) is 2. The normalized spacial score (nSPS) is 10.2. The predicted octanol–water partition coefficient (Wildman–Crippen LogP) is 0.804. The van der Waals surface area contributed by atoms with Gasteiger partial charge in [-0.05, 0) is 24.3 Å². The van der Waals surface area contributed by atoms with Crippen LogP contribution in [0, 0.1) is 11.3 Å². The quantitative estimate of drug-likeness (QED) is 0.456. The number of methoxy groups -OCH3 is 2. The summed E-state index contributed by atoms with van der Waals surface area (Å²) in [7, 11) is 2.78. The predicted molar refractivity (Wildman–Crippen MR) is 75.3 cm³/mol. The number of esters is 1. The topological polar surface area (TPSA) is 100 Å². The van der Waals surface area contributed by atoms with Crippen molar-refractivity contribution in [3.05, 3.63) is 36.0 Å². The van der Waals surface area contributed by atoms with Crippen LogP contribution in [0.4, 0.5) is 5.69 Å². The minimum absolute atomic E-state index is 0.127. The van der Waals surface area contributed by atoms with E-state index in [-0.39, 0.29) is 12.1 Å². The Kier molecular flexibility index (Phi) is 6.28. The third kappa shape index (κ3) is 5.24. The molecule has 0 heterocycles. The molecular weight excluding hydrogens is 274 g/mol. The van der Waals surface area contributed by atoms with Gasteiger partial charge in [0.2, 0.25) is 0 Å². The summed E-state index contributed by atoms with van der Waals surface area (Å²) in [5.74, 6) is -0.428. The van der Waals surface area contributed by atoms with Crippen molar-refractivity contribution in [1.29, 1.82) is 5.26 Å². The second kappa shape index (κ2) is 8.22. The Bertz CT molecular complexity index is 573. The second-order valence-electron chi connectivity index (χ2n) is 3.81. The maximum Gasteiger partial charge on any atom is 0.325 e. The zero-order chi connectivity index (χ0) is 15.7. The van der Waals surface area contributed by atoms with Crippen LogP contribution in [0.1, 0.15) is 0 Å². The van der Waals surface area contributed by atoms with Crippen LogP contribution in [0.15, 0.2) is 36.0 Å². The molecule has 2 N–H and O–H groups in total. The maximum absolute atomic E-state index is 11.9. The Hall–Kier alpha value is -3.01. The molecular formula is C14H15N3O4. The van der Waals surface area contributed by atoms with Crippen LogP contribution < -0.4 is 15.4 Å². The molecule has 110 valence electrons. The summed E-state index contributed by atoms with van der Waals surface area (Å²) < 4.78 is 9.42. The molecule has 0 radical (unpaired) electrons. The van der Waals surface area contributed by atoms with Crippen molar-refractivity contribution in [2.45, 2.75) is 0 Å². The van der Waals surface area contributed by atoms with Crippen LogP contribution in [-0.4, -0.2) is 32.6 Å². The van der Waals surface area contributed by atoms with Crippen molar-refractivity contribution < 1.29 is 19.1 Å². The number of nitrogens with zero attached hydrogens (tertiary/aromatic N) is 1. The highest BCUT2D eigenvalue weighted by molar-refractivity contribution is 6.06. The van der Waals surface area contributed by atoms with E-state index in [0.29, 0.717) is 11.4 Å². The number of rotatable bonds is 6. The summed E-state index contributed by atoms with van der Waals surface area (Å²) in [4.78, 5) is 22.7. The lowest BCUT2D eigenvalue weighted by Gasteiger charge is -2.06. The van der Waals surface area contributed by atoms with Gasteiger partial charge in [-0.2, -0.15) is 5.26 Å². The van der Waals surface area contributed by atoms with E-state index < -0.39 is 11.9 Å². The van der Waals surface area contributed by atoms with Gasteiger partial charge >= 0.3 is 5.97 Å². The first kappa shape index (κ1) is 16.0. The molecule has 1 amide bonds. The highest BCUT2D eigenvalue weighted by atomic mass is 16.5. The number of nitrogens with one attached hydrogen (secondary N) is 2. The van der Waals surface area contributed by atoms with Crippen LogP contribution in [0.5, 0.6) is 5.75 Å². The highest BCUT2D eigenvalue weighted by Gasteiger charge is 2.09. The van der Waals surface area contributed by atoms with E-state index in [1.54, 1.807) is 30.3 Å². The second-order valence-corrected chi connectivity index (χ2v) is 3.81. The smallest absolute Gasteiger partial charge is 0.325 e. The van der Waals surface area contributed by atoms with Crippen molar-refractivity contribution in [3.63, 3.8) is 0 Å². The number of anilines is 1. The number of amides is 1. The standard InChI is InChI=1S/C14H15N3O4/c1-20-12-5-3-11(4-6-12)17-14(19)10(7-15)8-16-9-13(18)21-2/h3-6,8,16H,9H2,1-2H3,(H,17,19)/b10-8-. The molecule has 1 aromatic carbocycles. The molecule has 1 rings (SSSR count). The van der Waals surface area contributed by atoms with E-state index in [9.17, 15) is 9.59 Å². The summed E-state index contributed by atoms with van der Waals surface area (Å²) in [5, 5.41) is 14.0. The van der Waals surface area contributed by atoms with Crippen molar-refractivity contribution in [3.8, 4) is 11.8 Å². The first-order chi connectivity index (χ1) is 10.1. The molecule has 0 aliphatic carbocycles. The van der Waals surface area contributed by atoms with Crippen LogP contribution in [0.2, 0.25) is 0 Å². The molecule has 7 heteroatoms. The highest BCUT2D eigenvalue weighted by Crippen LogP contribution is 2.15. The SMILES string of the molecule is COC(=O)CN/C=C(/C#N)C(=O)Nc1ccc(OC)cc1. The number of carbonyl (C=O) groups is 2. The summed E-state index contributed by atoms with van der Waals surface area (Å²) in [5.41, 5.74) is 0.365. The third-order valence-corrected chi connectivity index (χ3v) is 2.43. The fourth-order valence-corrected chi connectivity index (χ4v) is 1.33. The molecule has 0 aliphatic heterocycles. The van der Waals surface area contributed by atoms with E-state index in [1.807, 2.05) is 0 Å². The largest absolute Gasteiger partial charge is 0.497 e. The van der Waals surface area contributed by atoms with Crippen LogP contribution in [0.3, 0.4) is 0 Å². The number of nitriles is 1. The zero-order valence-electron chi connectivity index (χ0n) is 11.7. The molecule has 0 atom stereocenters. The van der Waals surface area contributed by atoms with Gasteiger partial charge in [-0.15, -0.1) is 0 Å². The minimum Gasteiger partial charge on any atom is -0.497 e. The number of hydrogen-bond acceptors (Lipinski definition) is 6. The van der Waals surface area contributed by atoms with Gasteiger partial charge in [0.1, 0.15) is 23.9 Å². The molecule has 1 aromatic rings. The van der Waals surface area contributed by atoms with Gasteiger partial charge in [-0.25, -0.2) is 0 Å². The van der Waals surface area contributed by atoms with Crippen molar-refractivity contribution in [2.75, 3.05) is 26.1 Å². The summed E-state index contributed by atoms with van der Waals surface area (Å²) in [6, 6.07) is 8.40. The molecule has 0 spiro atoms. The van der Waals surface area contributed by atoms with Crippen molar-refractivity contribution in [2.24, 2.45) is 0 Å². The molecule has 0 aliphatic rings. The fraction of sp³-hybridized carbons (Fsp3) is 0.214. The van der Waals surface area contributed by atoms with Gasteiger partial charge in [0.05, 0.1) is 14.2 Å². The molecule has 0 bridgehead atoms. The number of hydrogen-bond donors (Lipinski definition) is 2. The average molecular weight is 289 g/mol. The van der Waals surface area contributed by atoms with Gasteiger partial charge in [-0.1, -0.05) is 0 Å². The lowest BCUT2D eigenvalue weighted by atomic mass is 10.2. The monoisotopic (exact) mass is 289 g/mol. The Morgan fingerprint density at radius 3 is 2.48 bits per heavy atom. The van der Waals surface area contributed by atoms with Gasteiger partial charge in [0, 0.05) is 11.9 Å². The van der Waals surface area contributed by atoms with Gasteiger partial charge in [-0.3, -0.25) is 9.59 Å². The first-order valence-corrected chi connectivity index (χ1v) is 5.96. The van der Waals surface area contributed by atoms with Gasteiger partial charge in [0.15, 0.2) is 0 Å². The summed E-state index contributed by atoms with van der Waals surface area (Å²) in [6.07, 6.45) is 1.16. The molecule has 0 unspecified atom stereocenters. The molecule has 0 saturated heterocycles. The number of carbonyl (C=O) groups excluding carboxylic acids is 2. The molecule has 21 heavy (non-hydrogen) atoms. The lowest BCUT2D eigenvalue weighted by molar-refractivity contribution is -0.139. The van der Waals surface area contributed by atoms with Crippen LogP contribution in [-0.2, 0) is 14.3 Å². The lowest BCUT2D eigenvalue weighted by Crippen LogP contribution is -2.22. The Morgan fingerprint density at radius 1 is 1.29 bits per heavy atom. The van der Waals surface area contributed by atoms with Crippen LogP contribution in [0.25, 0.3) is 0 Å². The van der Waals surface area contributed by atoms with Gasteiger partial charge in [0.25, 0.3) is 5.91 Å². The Morgan fingerprint density at radius 2 is 1.95 bits per heavy atom. The van der Waals surface area contributed by atoms with Crippen LogP contribution >= 0.6 is 0 Å². The van der Waals surface area contributed by atoms with Gasteiger partial charge < -0.3 is 20.1 Å². The van der Waals surface area contributed by atoms with E-state index in [0.717, 1.165) is 6.20 Å². The third-order valence-electron chi connectivity index (χ3n) is 2.43. The van der Waals surface area contributed by atoms with Crippen molar-refractivity contribution in [1.82, 2.24) is 5.32 Å². The molecule has 0 aromatic heterocycles. The average Bonchev–Trinajstić information content (AvgIpc) is 2.51. The summed E-state index contributed by atoms with van der Waals surface area (Å²) >= 11 is 0. The first-order valence-electron chi connectivity index (χ1n) is 5.96. The zero-order valence-corrected chi connectivity index (χ0v) is 11.7. The van der Waals surface area contributed by atoms with E-state index >= 15 is 0 Å². The minimum atomic E-state index is -0.583. The van der Waals surface area contributed by atoms with E-state index in [1.165, 1.54) is 14.2 Å². The Balaban J connectivity index is 2.64. The molecule has 0 saturated carbocycles. The number of benzene rings is 1. The Labute approximate surface area is 122 Å². The molecule has 7 nitrogen and oxygen atoms in total. The molecule has 0 fully saturated rings. The fourth-order valence-electron chi connectivity index (χ4n) is 1.33. The summed E-state index contributed by atoms with van der Waals surface area (Å²) in [6.45, 7) is -0.127. The van der Waals surface area contributed by atoms with Crippen molar-refractivity contribution >= 4 is 17.6 Å². The van der Waals surface area contributed by atoms with E-state index in [4.69, 9.17) is 10.00 Å². The maximum atomic E-state index is 11.9.